The Morgan fingerprint density at radius 1 is 1.11 bits per heavy atom. The van der Waals surface area contributed by atoms with Crippen LogP contribution in [0, 0.1) is 0 Å². The predicted molar refractivity (Wildman–Crippen MR) is 104 cm³/mol. The molecule has 7 nitrogen and oxygen atoms in total. The van der Waals surface area contributed by atoms with Gasteiger partial charge in [0.15, 0.2) is 9.84 Å². The minimum atomic E-state index is -3.08. The molecule has 27 heavy (non-hydrogen) atoms. The summed E-state index contributed by atoms with van der Waals surface area (Å²) in [6.07, 6.45) is 4.55. The van der Waals surface area contributed by atoms with Crippen LogP contribution in [0.2, 0.25) is 0 Å². The smallest absolute Gasteiger partial charge is 0.311 e. The van der Waals surface area contributed by atoms with E-state index in [9.17, 15) is 18.0 Å². The Bertz CT molecular complexity index is 800. The zero-order valence-corrected chi connectivity index (χ0v) is 16.0. The third kappa shape index (κ3) is 5.64. The van der Waals surface area contributed by atoms with Gasteiger partial charge in [0.05, 0.1) is 11.5 Å². The van der Waals surface area contributed by atoms with Crippen molar-refractivity contribution in [3.63, 3.8) is 0 Å². The molecular formula is C19H25N3O4S. The maximum absolute atomic E-state index is 12.3. The van der Waals surface area contributed by atoms with E-state index in [4.69, 9.17) is 0 Å². The molecular weight excluding hydrogens is 366 g/mol. The number of hydrogen-bond donors (Lipinski definition) is 1. The summed E-state index contributed by atoms with van der Waals surface area (Å²) in [7, 11) is -3.08. The first-order chi connectivity index (χ1) is 12.9. The van der Waals surface area contributed by atoms with Gasteiger partial charge in [0.2, 0.25) is 0 Å². The first kappa shape index (κ1) is 19.6. The van der Waals surface area contributed by atoms with Gasteiger partial charge < -0.3 is 10.2 Å². The summed E-state index contributed by atoms with van der Waals surface area (Å²) >= 11 is 0. The highest BCUT2D eigenvalue weighted by atomic mass is 32.2. The lowest BCUT2D eigenvalue weighted by Gasteiger charge is -2.33. The van der Waals surface area contributed by atoms with Crippen LogP contribution in [0.3, 0.4) is 0 Å². The molecule has 2 fully saturated rings. The van der Waals surface area contributed by atoms with Crippen molar-refractivity contribution >= 4 is 27.7 Å². The minimum Gasteiger partial charge on any atom is -0.344 e. The highest BCUT2D eigenvalue weighted by Crippen LogP contribution is 2.11. The zero-order valence-electron chi connectivity index (χ0n) is 15.2. The molecule has 0 aromatic heterocycles. The molecule has 0 bridgehead atoms. The molecule has 1 aromatic carbocycles. The quantitative estimate of drug-likeness (QED) is 0.739. The highest BCUT2D eigenvalue weighted by Gasteiger charge is 2.32. The number of rotatable bonds is 4. The van der Waals surface area contributed by atoms with E-state index in [-0.39, 0.29) is 11.5 Å². The second kappa shape index (κ2) is 8.67. The predicted octanol–water partition coefficient (Wildman–Crippen LogP) is 0.147. The molecule has 0 saturated carbocycles. The van der Waals surface area contributed by atoms with Crippen LogP contribution in [0.25, 0.3) is 6.08 Å². The van der Waals surface area contributed by atoms with Gasteiger partial charge in [0.25, 0.3) is 0 Å². The number of sulfone groups is 1. The summed E-state index contributed by atoms with van der Waals surface area (Å²) in [6, 6.07) is 9.61. The van der Waals surface area contributed by atoms with Crippen molar-refractivity contribution in [2.45, 2.75) is 12.5 Å². The first-order valence-corrected chi connectivity index (χ1v) is 11.0. The zero-order chi connectivity index (χ0) is 19.3. The van der Waals surface area contributed by atoms with Crippen LogP contribution >= 0.6 is 0 Å². The van der Waals surface area contributed by atoms with Crippen molar-refractivity contribution in [2.75, 3.05) is 44.2 Å². The van der Waals surface area contributed by atoms with E-state index in [1.807, 2.05) is 30.3 Å². The van der Waals surface area contributed by atoms with Gasteiger partial charge in [0, 0.05) is 38.8 Å². The van der Waals surface area contributed by atoms with E-state index in [2.05, 4.69) is 22.4 Å². The Kier molecular flexibility index (Phi) is 6.28. The van der Waals surface area contributed by atoms with Gasteiger partial charge in [-0.25, -0.2) is 8.42 Å². The number of nitrogens with one attached hydrogen (secondary N) is 1. The molecule has 1 N–H and O–H groups in total. The SMILES string of the molecule is O=C(NC1CCS(=O)(=O)C1)C(=O)N1CCN(C/C=C/c2ccccc2)CC1. The molecule has 2 heterocycles. The van der Waals surface area contributed by atoms with Gasteiger partial charge in [-0.3, -0.25) is 14.5 Å². The lowest BCUT2D eigenvalue weighted by molar-refractivity contribution is -0.147. The summed E-state index contributed by atoms with van der Waals surface area (Å²) in [5.41, 5.74) is 1.15. The fraction of sp³-hybridized carbons (Fsp3) is 0.474. The Hall–Kier alpha value is -2.19. The molecule has 1 aromatic rings. The monoisotopic (exact) mass is 391 g/mol. The van der Waals surface area contributed by atoms with Crippen molar-refractivity contribution in [1.29, 1.82) is 0 Å². The van der Waals surface area contributed by atoms with Gasteiger partial charge in [-0.2, -0.15) is 0 Å². The van der Waals surface area contributed by atoms with Gasteiger partial charge in [0.1, 0.15) is 0 Å². The lowest BCUT2D eigenvalue weighted by Crippen LogP contribution is -2.53. The molecule has 3 rings (SSSR count). The normalized spacial score (nSPS) is 22.8. The van der Waals surface area contributed by atoms with Crippen LogP contribution in [0.1, 0.15) is 12.0 Å². The number of carbonyl (C=O) groups excluding carboxylic acids is 2. The highest BCUT2D eigenvalue weighted by molar-refractivity contribution is 7.91. The summed E-state index contributed by atoms with van der Waals surface area (Å²) < 4.78 is 22.9. The fourth-order valence-corrected chi connectivity index (χ4v) is 5.01. The maximum atomic E-state index is 12.3. The number of piperazine rings is 1. The topological polar surface area (TPSA) is 86.8 Å². The van der Waals surface area contributed by atoms with E-state index in [1.165, 1.54) is 4.90 Å². The van der Waals surface area contributed by atoms with Gasteiger partial charge in [-0.1, -0.05) is 42.5 Å². The number of carbonyl (C=O) groups is 2. The summed E-state index contributed by atoms with van der Waals surface area (Å²) in [6.45, 7) is 3.19. The van der Waals surface area contributed by atoms with E-state index >= 15 is 0 Å². The lowest BCUT2D eigenvalue weighted by atomic mass is 10.2. The summed E-state index contributed by atoms with van der Waals surface area (Å²) in [5.74, 6) is -1.28. The fourth-order valence-electron chi connectivity index (χ4n) is 3.34. The van der Waals surface area contributed by atoms with Crippen molar-refractivity contribution < 1.29 is 18.0 Å². The molecule has 2 saturated heterocycles. The van der Waals surface area contributed by atoms with E-state index < -0.39 is 27.7 Å². The summed E-state index contributed by atoms with van der Waals surface area (Å²) in [4.78, 5) is 28.1. The second-order valence-corrected chi connectivity index (χ2v) is 9.21. The number of nitrogens with zero attached hydrogens (tertiary/aromatic N) is 2. The van der Waals surface area contributed by atoms with E-state index in [0.29, 0.717) is 32.6 Å². The number of benzene rings is 1. The van der Waals surface area contributed by atoms with Crippen LogP contribution < -0.4 is 5.32 Å². The second-order valence-electron chi connectivity index (χ2n) is 6.98. The Morgan fingerprint density at radius 3 is 2.44 bits per heavy atom. The molecule has 8 heteroatoms. The molecule has 0 aliphatic carbocycles. The molecule has 1 unspecified atom stereocenters. The third-order valence-electron chi connectivity index (χ3n) is 4.89. The maximum Gasteiger partial charge on any atom is 0.311 e. The number of amides is 2. The molecule has 1 atom stereocenters. The largest absolute Gasteiger partial charge is 0.344 e. The standard InChI is InChI=1S/C19H25N3O4S/c23-18(20-17-8-14-27(25,26)15-17)19(24)22-12-10-21(11-13-22)9-4-7-16-5-2-1-3-6-16/h1-7,17H,8-15H2,(H,20,23)/b7-4+. The Labute approximate surface area is 159 Å². The third-order valence-corrected chi connectivity index (χ3v) is 6.66. The average Bonchev–Trinajstić information content (AvgIpc) is 3.01. The van der Waals surface area contributed by atoms with Gasteiger partial charge >= 0.3 is 11.8 Å². The molecule has 146 valence electrons. The van der Waals surface area contributed by atoms with Crippen LogP contribution in [0.4, 0.5) is 0 Å². The molecule has 2 aliphatic heterocycles. The number of hydrogen-bond acceptors (Lipinski definition) is 5. The minimum absolute atomic E-state index is 0.0707. The van der Waals surface area contributed by atoms with Gasteiger partial charge in [-0.15, -0.1) is 0 Å². The van der Waals surface area contributed by atoms with E-state index in [0.717, 1.165) is 12.1 Å². The van der Waals surface area contributed by atoms with Crippen molar-refractivity contribution in [3.05, 3.63) is 42.0 Å². The van der Waals surface area contributed by atoms with Crippen LogP contribution in [0.5, 0.6) is 0 Å². The Balaban J connectivity index is 1.41. The molecule has 0 radical (unpaired) electrons. The molecule has 2 aliphatic rings. The first-order valence-electron chi connectivity index (χ1n) is 9.17. The average molecular weight is 391 g/mol. The van der Waals surface area contributed by atoms with E-state index in [1.54, 1.807) is 0 Å². The van der Waals surface area contributed by atoms with Crippen molar-refractivity contribution in [3.8, 4) is 0 Å². The molecule has 2 amide bonds. The van der Waals surface area contributed by atoms with Crippen LogP contribution in [0.15, 0.2) is 36.4 Å². The van der Waals surface area contributed by atoms with Crippen LogP contribution in [-0.2, 0) is 19.4 Å². The van der Waals surface area contributed by atoms with Crippen molar-refractivity contribution in [2.24, 2.45) is 0 Å². The Morgan fingerprint density at radius 2 is 1.81 bits per heavy atom. The van der Waals surface area contributed by atoms with Gasteiger partial charge in [-0.05, 0) is 12.0 Å². The summed E-state index contributed by atoms with van der Waals surface area (Å²) in [5, 5.41) is 2.56. The van der Waals surface area contributed by atoms with Crippen molar-refractivity contribution in [1.82, 2.24) is 15.1 Å². The van der Waals surface area contributed by atoms with Crippen LogP contribution in [-0.4, -0.2) is 80.3 Å². The molecule has 0 spiro atoms.